The first-order valence-corrected chi connectivity index (χ1v) is 4.99. The van der Waals surface area contributed by atoms with E-state index in [1.54, 1.807) is 0 Å². The number of hydrogen-bond acceptors (Lipinski definition) is 4. The van der Waals surface area contributed by atoms with Crippen LogP contribution in [-0.2, 0) is 0 Å². The first-order chi connectivity index (χ1) is 6.30. The van der Waals surface area contributed by atoms with Gasteiger partial charge in [-0.1, -0.05) is 0 Å². The van der Waals surface area contributed by atoms with Crippen molar-refractivity contribution in [2.75, 3.05) is 13.2 Å². The van der Waals surface area contributed by atoms with Gasteiger partial charge in [-0.25, -0.2) is 0 Å². The van der Waals surface area contributed by atoms with Gasteiger partial charge in [0.25, 0.3) is 0 Å². The van der Waals surface area contributed by atoms with Crippen molar-refractivity contribution in [3.63, 3.8) is 0 Å². The van der Waals surface area contributed by atoms with Crippen molar-refractivity contribution in [2.45, 2.75) is 38.8 Å². The number of aliphatic hydroxyl groups excluding tert-OH is 2. The Kier molecular flexibility index (Phi) is 2.94. The SMILES string of the molecule is CC1(C)C(CO)C(CO)C(C)(C)N1[O-]. The van der Waals surface area contributed by atoms with Gasteiger partial charge in [-0.05, 0) is 27.7 Å². The molecule has 4 nitrogen and oxygen atoms in total. The quantitative estimate of drug-likeness (QED) is 0.687. The second-order valence-electron chi connectivity index (χ2n) is 5.18. The molecule has 0 aromatic heterocycles. The number of rotatable bonds is 2. The van der Waals surface area contributed by atoms with E-state index in [2.05, 4.69) is 0 Å². The average Bonchev–Trinajstić information content (AvgIpc) is 2.22. The lowest BCUT2D eigenvalue weighted by atomic mass is 9.78. The van der Waals surface area contributed by atoms with Gasteiger partial charge in [0.1, 0.15) is 0 Å². The summed E-state index contributed by atoms with van der Waals surface area (Å²) in [7, 11) is 0. The summed E-state index contributed by atoms with van der Waals surface area (Å²) in [5.74, 6) is -0.333. The van der Waals surface area contributed by atoms with Crippen molar-refractivity contribution in [3.05, 3.63) is 5.21 Å². The zero-order chi connectivity index (χ0) is 11.1. The third kappa shape index (κ3) is 1.37. The molecule has 1 rings (SSSR count). The Bertz CT molecular complexity index is 193. The van der Waals surface area contributed by atoms with Crippen molar-refractivity contribution < 1.29 is 10.2 Å². The van der Waals surface area contributed by atoms with Crippen LogP contribution in [0.4, 0.5) is 0 Å². The fourth-order valence-electron chi connectivity index (χ4n) is 2.73. The van der Waals surface area contributed by atoms with Gasteiger partial charge in [0.05, 0.1) is 0 Å². The minimum Gasteiger partial charge on any atom is -0.784 e. The lowest BCUT2D eigenvalue weighted by Gasteiger charge is -2.47. The predicted octanol–water partition coefficient (Wildman–Crippen LogP) is 0.574. The molecule has 1 fully saturated rings. The van der Waals surface area contributed by atoms with Crippen molar-refractivity contribution in [1.82, 2.24) is 5.06 Å². The number of nitrogens with zero attached hydrogens (tertiary/aromatic N) is 1. The molecule has 0 saturated carbocycles. The number of hydroxylamine groups is 2. The zero-order valence-electron chi connectivity index (χ0n) is 9.32. The van der Waals surface area contributed by atoms with Crippen molar-refractivity contribution >= 4 is 0 Å². The summed E-state index contributed by atoms with van der Waals surface area (Å²) in [6, 6.07) is 0. The normalized spacial score (nSPS) is 36.2. The molecule has 0 spiro atoms. The van der Waals surface area contributed by atoms with E-state index in [-0.39, 0.29) is 25.0 Å². The molecule has 1 aliphatic rings. The van der Waals surface area contributed by atoms with Gasteiger partial charge in [-0.2, -0.15) is 0 Å². The van der Waals surface area contributed by atoms with Gasteiger partial charge in [-0.15, -0.1) is 0 Å². The topological polar surface area (TPSA) is 66.8 Å². The van der Waals surface area contributed by atoms with Crippen LogP contribution in [0.2, 0.25) is 0 Å². The van der Waals surface area contributed by atoms with E-state index in [0.717, 1.165) is 5.06 Å². The van der Waals surface area contributed by atoms with Crippen LogP contribution in [0.5, 0.6) is 0 Å². The summed E-state index contributed by atoms with van der Waals surface area (Å²) in [6.45, 7) is 7.16. The fourth-order valence-corrected chi connectivity index (χ4v) is 2.73. The molecule has 1 aliphatic heterocycles. The highest BCUT2D eigenvalue weighted by Gasteiger charge is 2.53. The van der Waals surface area contributed by atoms with Crippen LogP contribution < -0.4 is 0 Å². The Hall–Kier alpha value is -0.160. The fraction of sp³-hybridized carbons (Fsp3) is 1.00. The zero-order valence-corrected chi connectivity index (χ0v) is 9.32. The van der Waals surface area contributed by atoms with Crippen LogP contribution in [0.3, 0.4) is 0 Å². The smallest absolute Gasteiger partial charge is 0.0480 e. The highest BCUT2D eigenvalue weighted by atomic mass is 16.5. The Morgan fingerprint density at radius 2 is 1.29 bits per heavy atom. The summed E-state index contributed by atoms with van der Waals surface area (Å²) in [5.41, 5.74) is -1.21. The molecular formula is C10H20NO3-. The van der Waals surface area contributed by atoms with E-state index in [9.17, 15) is 15.4 Å². The molecule has 0 aliphatic carbocycles. The van der Waals surface area contributed by atoms with Crippen LogP contribution in [-0.4, -0.2) is 39.6 Å². The molecule has 0 aromatic carbocycles. The highest BCUT2D eigenvalue weighted by Crippen LogP contribution is 2.47. The summed E-state index contributed by atoms with van der Waals surface area (Å²) < 4.78 is 0. The van der Waals surface area contributed by atoms with E-state index in [1.165, 1.54) is 0 Å². The number of hydrogen-bond donors (Lipinski definition) is 2. The van der Waals surface area contributed by atoms with Crippen molar-refractivity contribution in [3.8, 4) is 0 Å². The summed E-state index contributed by atoms with van der Waals surface area (Å²) >= 11 is 0. The minimum atomic E-state index is -0.606. The molecule has 0 aromatic rings. The molecule has 4 heteroatoms. The predicted molar refractivity (Wildman–Crippen MR) is 54.5 cm³/mol. The van der Waals surface area contributed by atoms with Crippen molar-refractivity contribution in [2.24, 2.45) is 11.8 Å². The van der Waals surface area contributed by atoms with Crippen LogP contribution in [0, 0.1) is 17.0 Å². The van der Waals surface area contributed by atoms with Crippen LogP contribution >= 0.6 is 0 Å². The molecule has 2 N–H and O–H groups in total. The molecule has 2 atom stereocenters. The maximum atomic E-state index is 12.0. The van der Waals surface area contributed by atoms with Crippen molar-refractivity contribution in [1.29, 1.82) is 0 Å². The van der Waals surface area contributed by atoms with E-state index >= 15 is 0 Å². The molecule has 14 heavy (non-hydrogen) atoms. The third-order valence-corrected chi connectivity index (χ3v) is 3.74. The molecule has 2 unspecified atom stereocenters. The second-order valence-corrected chi connectivity index (χ2v) is 5.18. The molecule has 0 radical (unpaired) electrons. The maximum Gasteiger partial charge on any atom is 0.0480 e. The van der Waals surface area contributed by atoms with Gasteiger partial charge in [0, 0.05) is 36.1 Å². The largest absolute Gasteiger partial charge is 0.784 e. The van der Waals surface area contributed by atoms with E-state index < -0.39 is 11.1 Å². The van der Waals surface area contributed by atoms with Gasteiger partial charge in [0.2, 0.25) is 0 Å². The van der Waals surface area contributed by atoms with Gasteiger partial charge < -0.3 is 20.5 Å². The molecule has 84 valence electrons. The van der Waals surface area contributed by atoms with E-state index in [1.807, 2.05) is 27.7 Å². The molecule has 1 saturated heterocycles. The lowest BCUT2D eigenvalue weighted by molar-refractivity contribution is 0.0979. The average molecular weight is 202 g/mol. The molecule has 1 heterocycles. The highest BCUT2D eigenvalue weighted by molar-refractivity contribution is 5.10. The van der Waals surface area contributed by atoms with Crippen LogP contribution in [0.15, 0.2) is 0 Å². The first-order valence-electron chi connectivity index (χ1n) is 4.99. The summed E-state index contributed by atoms with van der Waals surface area (Å²) in [5, 5.41) is 31.6. The Morgan fingerprint density at radius 1 is 1.00 bits per heavy atom. The van der Waals surface area contributed by atoms with E-state index in [4.69, 9.17) is 0 Å². The number of aliphatic hydroxyl groups is 2. The maximum absolute atomic E-state index is 12.0. The van der Waals surface area contributed by atoms with Gasteiger partial charge >= 0.3 is 0 Å². The third-order valence-electron chi connectivity index (χ3n) is 3.74. The Labute approximate surface area is 85.1 Å². The monoisotopic (exact) mass is 202 g/mol. The summed E-state index contributed by atoms with van der Waals surface area (Å²) in [4.78, 5) is 0. The molecule has 0 amide bonds. The standard InChI is InChI=1S/C10H20NO3/c1-9(2)7(5-12)8(6-13)10(3,4)11(9)14/h7-8,12-13H,5-6H2,1-4H3/q-1. The summed E-state index contributed by atoms with van der Waals surface area (Å²) in [6.07, 6.45) is 0. The Morgan fingerprint density at radius 3 is 1.50 bits per heavy atom. The van der Waals surface area contributed by atoms with Crippen LogP contribution in [0.1, 0.15) is 27.7 Å². The van der Waals surface area contributed by atoms with Crippen LogP contribution in [0.25, 0.3) is 0 Å². The van der Waals surface area contributed by atoms with E-state index in [0.29, 0.717) is 0 Å². The first kappa shape index (κ1) is 11.9. The van der Waals surface area contributed by atoms with Gasteiger partial charge in [0.15, 0.2) is 0 Å². The molecule has 0 bridgehead atoms. The second kappa shape index (κ2) is 3.45. The Balaban J connectivity index is 3.07. The molecular weight excluding hydrogens is 182 g/mol. The van der Waals surface area contributed by atoms with Gasteiger partial charge in [-0.3, -0.25) is 0 Å². The minimum absolute atomic E-state index is 0.0552. The lowest BCUT2D eigenvalue weighted by Crippen LogP contribution is -2.46.